The number of benzene rings is 2. The van der Waals surface area contributed by atoms with Crippen molar-refractivity contribution in [2.75, 3.05) is 0 Å². The second kappa shape index (κ2) is 5.12. The van der Waals surface area contributed by atoms with Crippen molar-refractivity contribution in [3.8, 4) is 0 Å². The first-order valence-corrected chi connectivity index (χ1v) is 6.59. The summed E-state index contributed by atoms with van der Waals surface area (Å²) in [6.45, 7) is 0. The van der Waals surface area contributed by atoms with E-state index >= 15 is 0 Å². The number of ketones is 1. The van der Waals surface area contributed by atoms with Crippen LogP contribution in [0.5, 0.6) is 0 Å². The molecular formula is C16H10F3NO3. The number of fused-ring (bicyclic) bond motifs is 1. The average Bonchev–Trinajstić information content (AvgIpc) is 2.80. The van der Waals surface area contributed by atoms with Gasteiger partial charge in [0, 0.05) is 18.2 Å². The van der Waals surface area contributed by atoms with Crippen molar-refractivity contribution in [3.63, 3.8) is 0 Å². The van der Waals surface area contributed by atoms with E-state index in [1.54, 1.807) is 0 Å². The Labute approximate surface area is 127 Å². The van der Waals surface area contributed by atoms with Crippen LogP contribution in [0.2, 0.25) is 0 Å². The third-order valence-corrected chi connectivity index (χ3v) is 3.51. The minimum atomic E-state index is -4.52. The Hall–Kier alpha value is -2.83. The van der Waals surface area contributed by atoms with Gasteiger partial charge >= 0.3 is 11.9 Å². The molecule has 2 aromatic carbocycles. The zero-order valence-corrected chi connectivity index (χ0v) is 11.8. The summed E-state index contributed by atoms with van der Waals surface area (Å²) in [5, 5.41) is 0. The Bertz CT molecular complexity index is 967. The molecule has 7 heteroatoms. The monoisotopic (exact) mass is 321 g/mol. The summed E-state index contributed by atoms with van der Waals surface area (Å²) in [5.74, 6) is -1.14. The van der Waals surface area contributed by atoms with Crippen molar-refractivity contribution in [3.05, 3.63) is 69.7 Å². The van der Waals surface area contributed by atoms with Crippen LogP contribution in [0.3, 0.4) is 0 Å². The lowest BCUT2D eigenvalue weighted by Crippen LogP contribution is -2.09. The summed E-state index contributed by atoms with van der Waals surface area (Å²) in [5.41, 5.74) is -0.0908. The van der Waals surface area contributed by atoms with Gasteiger partial charge in [-0.25, -0.2) is 4.79 Å². The number of aromatic nitrogens is 1. The fraction of sp³-hybridized carbons (Fsp3) is 0.125. The third-order valence-electron chi connectivity index (χ3n) is 3.51. The highest BCUT2D eigenvalue weighted by Gasteiger charge is 2.31. The van der Waals surface area contributed by atoms with E-state index in [0.29, 0.717) is 11.1 Å². The number of halogens is 3. The van der Waals surface area contributed by atoms with Gasteiger partial charge in [0.25, 0.3) is 0 Å². The molecule has 1 heterocycles. The maximum atomic E-state index is 12.7. The number of carbonyl (C=O) groups is 1. The molecule has 118 valence electrons. The quantitative estimate of drug-likeness (QED) is 0.680. The summed E-state index contributed by atoms with van der Waals surface area (Å²) >= 11 is 0. The molecule has 0 aliphatic rings. The summed E-state index contributed by atoms with van der Waals surface area (Å²) in [4.78, 5) is 23.8. The predicted molar refractivity (Wildman–Crippen MR) is 76.3 cm³/mol. The average molecular weight is 321 g/mol. The lowest BCUT2D eigenvalue weighted by Gasteiger charge is -2.08. The fourth-order valence-corrected chi connectivity index (χ4v) is 2.27. The third kappa shape index (κ3) is 2.65. The molecule has 0 saturated heterocycles. The molecule has 0 radical (unpaired) electrons. The van der Waals surface area contributed by atoms with Crippen LogP contribution in [0, 0.1) is 0 Å². The largest absolute Gasteiger partial charge is 0.419 e. The lowest BCUT2D eigenvalue weighted by atomic mass is 10.0. The molecule has 0 fully saturated rings. The van der Waals surface area contributed by atoms with Gasteiger partial charge in [0.15, 0.2) is 11.4 Å². The van der Waals surface area contributed by atoms with E-state index in [9.17, 15) is 22.8 Å². The highest BCUT2D eigenvalue weighted by molar-refractivity contribution is 6.10. The molecular weight excluding hydrogens is 311 g/mol. The molecule has 0 N–H and O–H groups in total. The van der Waals surface area contributed by atoms with Crippen LogP contribution in [-0.4, -0.2) is 10.4 Å². The van der Waals surface area contributed by atoms with Gasteiger partial charge in [-0.3, -0.25) is 9.36 Å². The number of rotatable bonds is 2. The van der Waals surface area contributed by atoms with Crippen molar-refractivity contribution in [2.24, 2.45) is 7.05 Å². The normalized spacial score (nSPS) is 11.8. The van der Waals surface area contributed by atoms with Crippen molar-refractivity contribution < 1.29 is 22.4 Å². The maximum absolute atomic E-state index is 12.7. The number of alkyl halides is 3. The van der Waals surface area contributed by atoms with Gasteiger partial charge in [0.2, 0.25) is 0 Å². The summed E-state index contributed by atoms with van der Waals surface area (Å²) in [7, 11) is 1.48. The van der Waals surface area contributed by atoms with Gasteiger partial charge < -0.3 is 4.42 Å². The Kier molecular flexibility index (Phi) is 3.35. The Morgan fingerprint density at radius 1 is 1.09 bits per heavy atom. The van der Waals surface area contributed by atoms with E-state index in [-0.39, 0.29) is 11.1 Å². The molecule has 0 amide bonds. The van der Waals surface area contributed by atoms with Crippen molar-refractivity contribution in [1.29, 1.82) is 0 Å². The molecule has 3 rings (SSSR count). The van der Waals surface area contributed by atoms with Crippen molar-refractivity contribution in [1.82, 2.24) is 4.57 Å². The predicted octanol–water partition coefficient (Wildman–Crippen LogP) is 3.38. The molecule has 1 aromatic heterocycles. The van der Waals surface area contributed by atoms with Gasteiger partial charge in [0.05, 0.1) is 11.1 Å². The molecule has 0 atom stereocenters. The fourth-order valence-electron chi connectivity index (χ4n) is 2.27. The van der Waals surface area contributed by atoms with Crippen LogP contribution in [0.25, 0.3) is 11.1 Å². The van der Waals surface area contributed by atoms with E-state index in [4.69, 9.17) is 4.42 Å². The van der Waals surface area contributed by atoms with Gasteiger partial charge in [-0.15, -0.1) is 0 Å². The molecule has 0 saturated carbocycles. The number of oxazole rings is 1. The molecule has 3 aromatic rings. The first-order chi connectivity index (χ1) is 10.8. The molecule has 0 spiro atoms. The lowest BCUT2D eigenvalue weighted by molar-refractivity contribution is -0.137. The number of hydrogen-bond donors (Lipinski definition) is 0. The number of carbonyl (C=O) groups excluding carboxylic acids is 1. The van der Waals surface area contributed by atoms with E-state index in [1.807, 2.05) is 0 Å². The topological polar surface area (TPSA) is 52.2 Å². The van der Waals surface area contributed by atoms with Gasteiger partial charge in [-0.05, 0) is 30.3 Å². The highest BCUT2D eigenvalue weighted by atomic mass is 19.4. The Balaban J connectivity index is 2.07. The van der Waals surface area contributed by atoms with Gasteiger partial charge in [-0.2, -0.15) is 13.2 Å². The number of hydrogen-bond acceptors (Lipinski definition) is 3. The molecule has 0 bridgehead atoms. The second-order valence-corrected chi connectivity index (χ2v) is 5.02. The van der Waals surface area contributed by atoms with Crippen LogP contribution in [0.1, 0.15) is 21.5 Å². The molecule has 23 heavy (non-hydrogen) atoms. The molecule has 4 nitrogen and oxygen atoms in total. The summed E-state index contributed by atoms with van der Waals surface area (Å²) in [6, 6.07) is 8.48. The minimum Gasteiger partial charge on any atom is -0.408 e. The van der Waals surface area contributed by atoms with Crippen molar-refractivity contribution in [2.45, 2.75) is 6.18 Å². The first-order valence-electron chi connectivity index (χ1n) is 6.59. The van der Waals surface area contributed by atoms with Crippen LogP contribution in [0.4, 0.5) is 13.2 Å². The van der Waals surface area contributed by atoms with Crippen LogP contribution >= 0.6 is 0 Å². The Morgan fingerprint density at radius 3 is 2.48 bits per heavy atom. The first kappa shape index (κ1) is 15.1. The van der Waals surface area contributed by atoms with Gasteiger partial charge in [0.1, 0.15) is 0 Å². The molecule has 0 unspecified atom stereocenters. The van der Waals surface area contributed by atoms with Crippen molar-refractivity contribution >= 4 is 16.9 Å². The second-order valence-electron chi connectivity index (χ2n) is 5.02. The Morgan fingerprint density at radius 2 is 1.78 bits per heavy atom. The highest BCUT2D eigenvalue weighted by Crippen LogP contribution is 2.30. The SMILES string of the molecule is Cn1c(=O)oc2ccc(C(=O)c3cccc(C(F)(F)F)c3)cc21. The zero-order valence-electron chi connectivity index (χ0n) is 11.8. The smallest absolute Gasteiger partial charge is 0.408 e. The van der Waals surface area contributed by atoms with Crippen LogP contribution in [0.15, 0.2) is 51.7 Å². The summed E-state index contributed by atoms with van der Waals surface area (Å²) in [6.07, 6.45) is -4.52. The minimum absolute atomic E-state index is 0.0762. The molecule has 0 aliphatic heterocycles. The number of aryl methyl sites for hydroxylation is 1. The standard InChI is InChI=1S/C16H10F3NO3/c1-20-12-8-10(5-6-13(12)23-15(20)22)14(21)9-3-2-4-11(7-9)16(17,18)19/h2-8H,1H3. The van der Waals surface area contributed by atoms with Gasteiger partial charge in [-0.1, -0.05) is 12.1 Å². The zero-order chi connectivity index (χ0) is 16.8. The van der Waals surface area contributed by atoms with E-state index in [0.717, 1.165) is 12.1 Å². The summed E-state index contributed by atoms with van der Waals surface area (Å²) < 4.78 is 44.4. The van der Waals surface area contributed by atoms with E-state index < -0.39 is 23.3 Å². The van der Waals surface area contributed by atoms with E-state index in [2.05, 4.69) is 0 Å². The van der Waals surface area contributed by atoms with E-state index in [1.165, 1.54) is 41.9 Å². The maximum Gasteiger partial charge on any atom is 0.419 e. The van der Waals surface area contributed by atoms with Crippen LogP contribution < -0.4 is 5.76 Å². The molecule has 0 aliphatic carbocycles. The van der Waals surface area contributed by atoms with Crippen LogP contribution in [-0.2, 0) is 13.2 Å². The number of nitrogens with zero attached hydrogens (tertiary/aromatic N) is 1.